The molecule has 2 rings (SSSR count). The monoisotopic (exact) mass is 288 g/mol. The highest BCUT2D eigenvalue weighted by Crippen LogP contribution is 2.27. The number of hydrogen-bond donors (Lipinski definition) is 1. The number of halogens is 1. The molecule has 20 heavy (non-hydrogen) atoms. The van der Waals surface area contributed by atoms with Gasteiger partial charge < -0.3 is 5.11 Å². The summed E-state index contributed by atoms with van der Waals surface area (Å²) in [5, 5.41) is 11.0. The highest BCUT2D eigenvalue weighted by molar-refractivity contribution is 6.31. The number of hydrogen-bond acceptors (Lipinski definition) is 1. The van der Waals surface area contributed by atoms with Crippen LogP contribution in [0.25, 0.3) is 0 Å². The van der Waals surface area contributed by atoms with Gasteiger partial charge in [-0.05, 0) is 41.2 Å². The van der Waals surface area contributed by atoms with Crippen LogP contribution in [0.2, 0.25) is 5.02 Å². The largest absolute Gasteiger partial charge is 0.388 e. The highest BCUT2D eigenvalue weighted by Gasteiger charge is 2.12. The lowest BCUT2D eigenvalue weighted by atomic mass is 9.97. The third-order valence-corrected chi connectivity index (χ3v) is 3.92. The molecule has 0 saturated carbocycles. The van der Waals surface area contributed by atoms with E-state index in [1.807, 2.05) is 25.1 Å². The van der Waals surface area contributed by atoms with Gasteiger partial charge in [0.1, 0.15) is 0 Å². The topological polar surface area (TPSA) is 20.2 Å². The quantitative estimate of drug-likeness (QED) is 0.835. The zero-order chi connectivity index (χ0) is 14.7. The average Bonchev–Trinajstić information content (AvgIpc) is 2.39. The molecule has 0 aliphatic heterocycles. The Morgan fingerprint density at radius 1 is 1.05 bits per heavy atom. The van der Waals surface area contributed by atoms with Crippen LogP contribution in [0.4, 0.5) is 0 Å². The second kappa shape index (κ2) is 6.43. The molecule has 0 bridgehead atoms. The van der Waals surface area contributed by atoms with Crippen LogP contribution < -0.4 is 0 Å². The van der Waals surface area contributed by atoms with Crippen molar-refractivity contribution in [3.63, 3.8) is 0 Å². The molecule has 2 aromatic rings. The van der Waals surface area contributed by atoms with E-state index in [1.165, 1.54) is 5.56 Å². The lowest BCUT2D eigenvalue weighted by molar-refractivity contribution is 0.178. The summed E-state index contributed by atoms with van der Waals surface area (Å²) >= 11 is 6.20. The predicted molar refractivity (Wildman–Crippen MR) is 85.4 cm³/mol. The summed E-state index contributed by atoms with van der Waals surface area (Å²) in [6, 6.07) is 14.2. The fourth-order valence-electron chi connectivity index (χ4n) is 2.27. The van der Waals surface area contributed by atoms with Gasteiger partial charge in [-0.2, -0.15) is 0 Å². The van der Waals surface area contributed by atoms with Crippen LogP contribution in [0.1, 0.15) is 48.1 Å². The molecule has 0 amide bonds. The van der Waals surface area contributed by atoms with Crippen LogP contribution >= 0.6 is 11.6 Å². The number of aryl methyl sites for hydroxylation is 1. The molecule has 1 atom stereocenters. The van der Waals surface area contributed by atoms with E-state index in [0.717, 1.165) is 16.7 Å². The van der Waals surface area contributed by atoms with E-state index in [2.05, 4.69) is 38.1 Å². The summed E-state index contributed by atoms with van der Waals surface area (Å²) in [5.74, 6) is 0.528. The number of aliphatic hydroxyl groups is 1. The molecule has 0 radical (unpaired) electrons. The average molecular weight is 289 g/mol. The maximum Gasteiger partial charge on any atom is 0.0844 e. The third-order valence-electron chi connectivity index (χ3n) is 3.59. The van der Waals surface area contributed by atoms with Gasteiger partial charge in [-0.1, -0.05) is 61.8 Å². The Bertz CT molecular complexity index is 572. The molecule has 0 heterocycles. The number of benzene rings is 2. The van der Waals surface area contributed by atoms with Crippen LogP contribution in [-0.2, 0) is 6.42 Å². The molecule has 0 aliphatic rings. The summed E-state index contributed by atoms with van der Waals surface area (Å²) < 4.78 is 0. The zero-order valence-corrected chi connectivity index (χ0v) is 13.0. The Balaban J connectivity index is 2.12. The third kappa shape index (κ3) is 3.62. The van der Waals surface area contributed by atoms with Crippen molar-refractivity contribution in [1.82, 2.24) is 0 Å². The fourth-order valence-corrected chi connectivity index (χ4v) is 2.64. The van der Waals surface area contributed by atoms with Gasteiger partial charge in [0.05, 0.1) is 6.10 Å². The van der Waals surface area contributed by atoms with Gasteiger partial charge >= 0.3 is 0 Å². The van der Waals surface area contributed by atoms with Gasteiger partial charge in [0.2, 0.25) is 0 Å². The smallest absolute Gasteiger partial charge is 0.0844 e. The fraction of sp³-hybridized carbons (Fsp3) is 0.333. The number of aliphatic hydroxyl groups excluding tert-OH is 1. The second-order valence-electron chi connectivity index (χ2n) is 5.64. The molecule has 0 spiro atoms. The van der Waals surface area contributed by atoms with Crippen molar-refractivity contribution >= 4 is 11.6 Å². The van der Waals surface area contributed by atoms with Crippen LogP contribution in [0.3, 0.4) is 0 Å². The van der Waals surface area contributed by atoms with Crippen molar-refractivity contribution in [2.24, 2.45) is 0 Å². The summed E-state index contributed by atoms with van der Waals surface area (Å²) in [6.07, 6.45) is 0.0224. The van der Waals surface area contributed by atoms with Crippen LogP contribution in [0, 0.1) is 6.92 Å². The molecule has 1 nitrogen and oxygen atoms in total. The van der Waals surface area contributed by atoms with E-state index in [4.69, 9.17) is 11.6 Å². The van der Waals surface area contributed by atoms with Crippen molar-refractivity contribution in [3.8, 4) is 0 Å². The van der Waals surface area contributed by atoms with E-state index in [1.54, 1.807) is 0 Å². The van der Waals surface area contributed by atoms with Crippen molar-refractivity contribution in [3.05, 3.63) is 69.7 Å². The second-order valence-corrected chi connectivity index (χ2v) is 6.05. The van der Waals surface area contributed by atoms with E-state index in [-0.39, 0.29) is 0 Å². The molecule has 2 aromatic carbocycles. The Hall–Kier alpha value is -1.31. The lowest BCUT2D eigenvalue weighted by Gasteiger charge is -2.14. The maximum atomic E-state index is 10.3. The Labute approximate surface area is 126 Å². The molecule has 106 valence electrons. The van der Waals surface area contributed by atoms with Crippen molar-refractivity contribution in [2.75, 3.05) is 0 Å². The molecule has 2 heteroatoms. The van der Waals surface area contributed by atoms with Crippen LogP contribution in [0.5, 0.6) is 0 Å². The molecule has 0 saturated heterocycles. The van der Waals surface area contributed by atoms with Crippen molar-refractivity contribution < 1.29 is 5.11 Å². The van der Waals surface area contributed by atoms with Gasteiger partial charge in [0.25, 0.3) is 0 Å². The first-order valence-corrected chi connectivity index (χ1v) is 7.38. The predicted octanol–water partition coefficient (Wildman–Crippen LogP) is 5.05. The summed E-state index contributed by atoms with van der Waals surface area (Å²) in [5.41, 5.74) is 4.34. The molecule has 1 N–H and O–H groups in total. The van der Waals surface area contributed by atoms with Gasteiger partial charge in [-0.15, -0.1) is 0 Å². The number of rotatable bonds is 4. The first kappa shape index (κ1) is 15.1. The normalized spacial score (nSPS) is 12.7. The van der Waals surface area contributed by atoms with Gasteiger partial charge in [-0.25, -0.2) is 0 Å². The van der Waals surface area contributed by atoms with E-state index < -0.39 is 6.10 Å². The zero-order valence-electron chi connectivity index (χ0n) is 12.2. The standard InChI is InChI=1S/C18H21ClO/c1-12(2)15-7-5-14(6-8-15)11-18(20)16-9-4-13(3)10-17(16)19/h4-10,12,18,20H,11H2,1-3H3. The highest BCUT2D eigenvalue weighted by atomic mass is 35.5. The SMILES string of the molecule is Cc1ccc(C(O)Cc2ccc(C(C)C)cc2)c(Cl)c1. The van der Waals surface area contributed by atoms with Crippen LogP contribution in [-0.4, -0.2) is 5.11 Å². The van der Waals surface area contributed by atoms with Gasteiger partial charge in [0.15, 0.2) is 0 Å². The van der Waals surface area contributed by atoms with Gasteiger partial charge in [-0.3, -0.25) is 0 Å². The van der Waals surface area contributed by atoms with Crippen LogP contribution in [0.15, 0.2) is 42.5 Å². The molecular formula is C18H21ClO. The summed E-state index contributed by atoms with van der Waals surface area (Å²) in [6.45, 7) is 6.35. The minimum absolute atomic E-state index is 0.528. The van der Waals surface area contributed by atoms with Gasteiger partial charge in [0, 0.05) is 11.4 Å². The Morgan fingerprint density at radius 2 is 1.70 bits per heavy atom. The Kier molecular flexibility index (Phi) is 4.85. The molecule has 1 unspecified atom stereocenters. The first-order chi connectivity index (χ1) is 9.47. The first-order valence-electron chi connectivity index (χ1n) is 7.00. The lowest BCUT2D eigenvalue weighted by Crippen LogP contribution is -2.03. The summed E-state index contributed by atoms with van der Waals surface area (Å²) in [4.78, 5) is 0. The minimum atomic E-state index is -0.562. The summed E-state index contributed by atoms with van der Waals surface area (Å²) in [7, 11) is 0. The Morgan fingerprint density at radius 3 is 2.25 bits per heavy atom. The molecule has 0 fully saturated rings. The van der Waals surface area contributed by atoms with Crippen molar-refractivity contribution in [2.45, 2.75) is 39.2 Å². The molecular weight excluding hydrogens is 268 g/mol. The van der Waals surface area contributed by atoms with Crippen molar-refractivity contribution in [1.29, 1.82) is 0 Å². The molecule has 0 aliphatic carbocycles. The van der Waals surface area contributed by atoms with E-state index >= 15 is 0 Å². The molecule has 0 aromatic heterocycles. The maximum absolute atomic E-state index is 10.3. The van der Waals surface area contributed by atoms with E-state index in [9.17, 15) is 5.11 Å². The van der Waals surface area contributed by atoms with E-state index in [0.29, 0.717) is 17.4 Å². The minimum Gasteiger partial charge on any atom is -0.388 e.